The van der Waals surface area contributed by atoms with Crippen molar-refractivity contribution >= 4 is 55.9 Å². The summed E-state index contributed by atoms with van der Waals surface area (Å²) in [6.07, 6.45) is 0. The predicted octanol–water partition coefficient (Wildman–Crippen LogP) is 4.70. The summed E-state index contributed by atoms with van der Waals surface area (Å²) in [5.74, 6) is -1.56. The molecule has 0 aliphatic rings. The van der Waals surface area contributed by atoms with Crippen LogP contribution in [-0.4, -0.2) is 33.5 Å². The van der Waals surface area contributed by atoms with Crippen molar-refractivity contribution < 1.29 is 42.9 Å². The molecule has 158 valence electrons. The highest BCUT2D eigenvalue weighted by Crippen LogP contribution is 2.47. The predicted molar refractivity (Wildman–Crippen MR) is 105 cm³/mol. The third-order valence-electron chi connectivity index (χ3n) is 3.75. The molecule has 30 heavy (non-hydrogen) atoms. The van der Waals surface area contributed by atoms with Gasteiger partial charge >= 0.3 is 0 Å². The minimum atomic E-state index is -4.65. The molecule has 0 amide bonds. The second kappa shape index (κ2) is 8.61. The van der Waals surface area contributed by atoms with Crippen LogP contribution in [0.2, 0.25) is 5.02 Å². The van der Waals surface area contributed by atoms with Gasteiger partial charge in [-0.1, -0.05) is 16.6 Å². The minimum Gasteiger partial charge on any atom is -0.507 e. The Morgan fingerprint density at radius 3 is 2.40 bits per heavy atom. The van der Waals surface area contributed by atoms with Gasteiger partial charge in [0.25, 0.3) is 10.1 Å². The highest BCUT2D eigenvalue weighted by atomic mass is 35.5. The van der Waals surface area contributed by atoms with E-state index in [-0.39, 0.29) is 37.8 Å². The molecule has 3 aromatic carbocycles. The number of fused-ring (bicyclic) bond motifs is 1. The molecule has 0 bridgehead atoms. The van der Waals surface area contributed by atoms with E-state index in [1.54, 1.807) is 0 Å². The Morgan fingerprint density at radius 2 is 1.73 bits per heavy atom. The molecule has 0 aromatic heterocycles. The number of benzene rings is 3. The van der Waals surface area contributed by atoms with Crippen LogP contribution < -0.4 is 0 Å². The van der Waals surface area contributed by atoms with E-state index in [9.17, 15) is 28.3 Å². The smallest absolute Gasteiger partial charge is 0.294 e. The number of halogens is 1. The van der Waals surface area contributed by atoms with E-state index < -0.39 is 26.5 Å². The molecule has 3 aromatic rings. The molecule has 0 atom stereocenters. The second-order valence-electron chi connectivity index (χ2n) is 5.65. The second-order valence-corrected chi connectivity index (χ2v) is 8.25. The van der Waals surface area contributed by atoms with Gasteiger partial charge in [0.15, 0.2) is 5.75 Å². The standard InChI is InChI=1S/C16H11ClN2O9S2/c17-8-1-2-11(20)10(5-8)18-19-15-13(29-28-27-23)4-7-3-9(30(24,25)26)6-12(21)14(7)16(15)22/h1-6,20-23H,(H,24,25,26)/b19-18-. The Morgan fingerprint density at radius 1 is 1.00 bits per heavy atom. The fourth-order valence-corrected chi connectivity index (χ4v) is 3.68. The zero-order valence-electron chi connectivity index (χ0n) is 14.4. The van der Waals surface area contributed by atoms with Crippen molar-refractivity contribution in [2.75, 3.05) is 0 Å². The van der Waals surface area contributed by atoms with Crippen molar-refractivity contribution in [2.24, 2.45) is 10.2 Å². The van der Waals surface area contributed by atoms with Crippen LogP contribution >= 0.6 is 23.6 Å². The van der Waals surface area contributed by atoms with Crippen molar-refractivity contribution in [3.8, 4) is 17.2 Å². The number of nitrogens with zero attached hydrogens (tertiary/aromatic N) is 2. The van der Waals surface area contributed by atoms with Gasteiger partial charge in [-0.3, -0.25) is 4.55 Å². The van der Waals surface area contributed by atoms with Crippen LogP contribution in [0.5, 0.6) is 17.2 Å². The number of aromatic hydroxyl groups is 3. The fourth-order valence-electron chi connectivity index (χ4n) is 2.48. The summed E-state index contributed by atoms with van der Waals surface area (Å²) in [5, 5.41) is 50.2. The summed E-state index contributed by atoms with van der Waals surface area (Å²) in [6, 6.07) is 6.94. The summed E-state index contributed by atoms with van der Waals surface area (Å²) in [6.45, 7) is 0. The van der Waals surface area contributed by atoms with Crippen LogP contribution in [0.3, 0.4) is 0 Å². The molecule has 0 spiro atoms. The van der Waals surface area contributed by atoms with Gasteiger partial charge in [0, 0.05) is 11.1 Å². The van der Waals surface area contributed by atoms with Crippen molar-refractivity contribution in [1.82, 2.24) is 0 Å². The Hall–Kier alpha value is -2.65. The molecule has 0 saturated heterocycles. The quantitative estimate of drug-likeness (QED) is 0.110. The lowest BCUT2D eigenvalue weighted by Gasteiger charge is -2.11. The normalized spacial score (nSPS) is 12.1. The van der Waals surface area contributed by atoms with E-state index in [2.05, 4.69) is 19.6 Å². The maximum Gasteiger partial charge on any atom is 0.294 e. The summed E-state index contributed by atoms with van der Waals surface area (Å²) in [7, 11) is -4.65. The van der Waals surface area contributed by atoms with E-state index in [1.807, 2.05) is 0 Å². The van der Waals surface area contributed by atoms with Gasteiger partial charge in [-0.15, -0.1) is 14.6 Å². The number of hydrogen-bond donors (Lipinski definition) is 5. The van der Waals surface area contributed by atoms with Crippen LogP contribution in [-0.2, 0) is 19.5 Å². The van der Waals surface area contributed by atoms with Gasteiger partial charge in [-0.25, -0.2) is 5.26 Å². The zero-order chi connectivity index (χ0) is 22.1. The van der Waals surface area contributed by atoms with E-state index in [1.165, 1.54) is 24.3 Å². The van der Waals surface area contributed by atoms with Gasteiger partial charge < -0.3 is 15.3 Å². The molecule has 11 nitrogen and oxygen atoms in total. The first-order valence-electron chi connectivity index (χ1n) is 7.67. The zero-order valence-corrected chi connectivity index (χ0v) is 16.8. The van der Waals surface area contributed by atoms with Crippen molar-refractivity contribution in [2.45, 2.75) is 9.79 Å². The number of azo groups is 1. The Kier molecular flexibility index (Phi) is 6.33. The molecule has 0 radical (unpaired) electrons. The SMILES string of the molecule is O=S(=O)(O)c1cc(O)c2c(O)c(/N=N\c3cc(Cl)ccc3O)c(SOOO)cc2c1. The molecule has 14 heteroatoms. The van der Waals surface area contributed by atoms with E-state index in [4.69, 9.17) is 16.9 Å². The van der Waals surface area contributed by atoms with Crippen molar-refractivity contribution in [1.29, 1.82) is 0 Å². The molecule has 0 aliphatic heterocycles. The summed E-state index contributed by atoms with van der Waals surface area (Å²) in [4.78, 5) is -0.661. The minimum absolute atomic E-state index is 0.0197. The van der Waals surface area contributed by atoms with E-state index >= 15 is 0 Å². The van der Waals surface area contributed by atoms with Crippen molar-refractivity contribution in [3.63, 3.8) is 0 Å². The summed E-state index contributed by atoms with van der Waals surface area (Å²) in [5.41, 5.74) is -0.318. The van der Waals surface area contributed by atoms with Gasteiger partial charge in [-0.2, -0.15) is 8.42 Å². The Bertz CT molecular complexity index is 1270. The lowest BCUT2D eigenvalue weighted by Crippen LogP contribution is -1.98. The molecular weight excluding hydrogens is 464 g/mol. The molecule has 0 unspecified atom stereocenters. The van der Waals surface area contributed by atoms with Crippen LogP contribution in [0, 0.1) is 0 Å². The van der Waals surface area contributed by atoms with Gasteiger partial charge in [0.05, 0.1) is 27.2 Å². The first-order valence-corrected chi connectivity index (χ1v) is 10.2. The molecule has 0 fully saturated rings. The largest absolute Gasteiger partial charge is 0.507 e. The number of rotatable bonds is 6. The molecule has 0 saturated carbocycles. The Labute approximate surface area is 177 Å². The molecule has 0 heterocycles. The van der Waals surface area contributed by atoms with Crippen molar-refractivity contribution in [3.05, 3.63) is 41.4 Å². The highest BCUT2D eigenvalue weighted by molar-refractivity contribution is 7.94. The maximum absolute atomic E-state index is 11.4. The molecular formula is C16H11ClN2O9S2. The van der Waals surface area contributed by atoms with E-state index in [0.29, 0.717) is 12.0 Å². The van der Waals surface area contributed by atoms with E-state index in [0.717, 1.165) is 12.1 Å². The average Bonchev–Trinajstić information content (AvgIpc) is 2.67. The number of hydrogen-bond acceptors (Lipinski definition) is 11. The maximum atomic E-state index is 11.4. The summed E-state index contributed by atoms with van der Waals surface area (Å²) >= 11 is 6.22. The molecule has 5 N–H and O–H groups in total. The van der Waals surface area contributed by atoms with Gasteiger partial charge in [0.2, 0.25) is 0 Å². The number of phenolic OH excluding ortho intramolecular Hbond substituents is 3. The molecule has 0 aliphatic carbocycles. The van der Waals surface area contributed by atoms with Crippen LogP contribution in [0.15, 0.2) is 56.4 Å². The molecule has 3 rings (SSSR count). The lowest BCUT2D eigenvalue weighted by atomic mass is 10.1. The average molecular weight is 475 g/mol. The lowest BCUT2D eigenvalue weighted by molar-refractivity contribution is -0.432. The summed E-state index contributed by atoms with van der Waals surface area (Å²) < 4.78 is 36.3. The van der Waals surface area contributed by atoms with Crippen LogP contribution in [0.4, 0.5) is 11.4 Å². The topological polar surface area (TPSA) is 178 Å². The Balaban J connectivity index is 2.23. The first-order chi connectivity index (χ1) is 14.1. The third kappa shape index (κ3) is 4.57. The third-order valence-corrected chi connectivity index (χ3v) is 5.44. The highest BCUT2D eigenvalue weighted by Gasteiger charge is 2.21. The first kappa shape index (κ1) is 22.0. The monoisotopic (exact) mass is 474 g/mol. The van der Waals surface area contributed by atoms with Crippen LogP contribution in [0.25, 0.3) is 10.8 Å². The van der Waals surface area contributed by atoms with Gasteiger partial charge in [-0.05, 0) is 35.7 Å². The number of phenols is 3. The van der Waals surface area contributed by atoms with Crippen LogP contribution in [0.1, 0.15) is 0 Å². The fraction of sp³-hybridized carbons (Fsp3) is 0. The van der Waals surface area contributed by atoms with Gasteiger partial charge in [0.1, 0.15) is 22.9 Å².